The van der Waals surface area contributed by atoms with E-state index in [0.717, 1.165) is 0 Å². The third-order valence-corrected chi connectivity index (χ3v) is 9.66. The van der Waals surface area contributed by atoms with Crippen LogP contribution in [0.4, 0.5) is 26.3 Å². The van der Waals surface area contributed by atoms with E-state index in [1.807, 2.05) is 20.8 Å². The predicted molar refractivity (Wildman–Crippen MR) is 179 cm³/mol. The lowest BCUT2D eigenvalue weighted by atomic mass is 9.65. The van der Waals surface area contributed by atoms with Crippen molar-refractivity contribution in [3.8, 4) is 0 Å². The van der Waals surface area contributed by atoms with Crippen LogP contribution in [0.15, 0.2) is 0 Å². The number of halogens is 6. The van der Waals surface area contributed by atoms with Gasteiger partial charge in [-0.2, -0.15) is 26.3 Å². The standard InChI is InChI=1S/C36H63F6NO7/c1-16-32(13,27(46)49-24(17-23(2)3)18-34(15,47)36(40,41)42)20-33(14,26(45)48-22-30(9,10)43-21-35(37,38)39)19-29(7,8)25(44)50-31(11,12)28(4,5)6/h23-24,43,47H,16-22H2,1-15H3. The van der Waals surface area contributed by atoms with E-state index in [4.69, 9.17) is 14.2 Å². The van der Waals surface area contributed by atoms with Gasteiger partial charge in [0.1, 0.15) is 18.3 Å². The summed E-state index contributed by atoms with van der Waals surface area (Å²) in [7, 11) is 0. The van der Waals surface area contributed by atoms with E-state index in [1.54, 1.807) is 48.5 Å². The molecule has 8 nitrogen and oxygen atoms in total. The van der Waals surface area contributed by atoms with Gasteiger partial charge < -0.3 is 24.6 Å². The van der Waals surface area contributed by atoms with Crippen LogP contribution in [0.25, 0.3) is 0 Å². The number of carbonyl (C=O) groups is 3. The molecule has 0 spiro atoms. The second kappa shape index (κ2) is 16.3. The summed E-state index contributed by atoms with van der Waals surface area (Å²) in [5, 5.41) is 12.5. The highest BCUT2D eigenvalue weighted by Crippen LogP contribution is 2.47. The van der Waals surface area contributed by atoms with Gasteiger partial charge in [0.15, 0.2) is 5.60 Å². The van der Waals surface area contributed by atoms with E-state index in [-0.39, 0.29) is 31.6 Å². The molecule has 0 aliphatic rings. The predicted octanol–water partition coefficient (Wildman–Crippen LogP) is 8.72. The average molecular weight is 736 g/mol. The summed E-state index contributed by atoms with van der Waals surface area (Å²) in [6.45, 7) is 21.9. The molecule has 0 heterocycles. The van der Waals surface area contributed by atoms with Gasteiger partial charge in [0.05, 0.1) is 22.8 Å². The largest absolute Gasteiger partial charge is 0.463 e. The molecule has 296 valence electrons. The molecule has 14 heteroatoms. The molecule has 0 aliphatic carbocycles. The summed E-state index contributed by atoms with van der Waals surface area (Å²) in [4.78, 5) is 41.5. The molecule has 0 radical (unpaired) electrons. The monoisotopic (exact) mass is 735 g/mol. The summed E-state index contributed by atoms with van der Waals surface area (Å²) in [6, 6.07) is 0. The molecule has 4 atom stereocenters. The van der Waals surface area contributed by atoms with E-state index in [9.17, 15) is 45.8 Å². The Labute approximate surface area is 295 Å². The Bertz CT molecular complexity index is 1160. The maximum absolute atomic E-state index is 14.0. The van der Waals surface area contributed by atoms with Crippen LogP contribution in [0, 0.1) is 27.6 Å². The molecule has 50 heavy (non-hydrogen) atoms. The normalized spacial score (nSPS) is 18.1. The van der Waals surface area contributed by atoms with E-state index in [2.05, 4.69) is 5.32 Å². The molecule has 0 aromatic heterocycles. The van der Waals surface area contributed by atoms with Crippen molar-refractivity contribution in [2.24, 2.45) is 27.6 Å². The molecule has 0 aromatic carbocycles. The van der Waals surface area contributed by atoms with Gasteiger partial charge in [-0.3, -0.25) is 14.4 Å². The molecule has 0 amide bonds. The fourth-order valence-corrected chi connectivity index (χ4v) is 5.34. The zero-order valence-electron chi connectivity index (χ0n) is 32.8. The molecular formula is C36H63F6NO7. The number of rotatable bonds is 18. The Morgan fingerprint density at radius 1 is 0.740 bits per heavy atom. The zero-order valence-corrected chi connectivity index (χ0v) is 32.8. The van der Waals surface area contributed by atoms with Gasteiger partial charge in [0.2, 0.25) is 0 Å². The number of aliphatic hydroxyl groups is 1. The Morgan fingerprint density at radius 3 is 1.64 bits per heavy atom. The average Bonchev–Trinajstić information content (AvgIpc) is 2.87. The number of alkyl halides is 6. The lowest BCUT2D eigenvalue weighted by molar-refractivity contribution is -0.262. The number of carbonyl (C=O) groups excluding carboxylic acids is 3. The van der Waals surface area contributed by atoms with Crippen molar-refractivity contribution in [3.63, 3.8) is 0 Å². The van der Waals surface area contributed by atoms with Crippen molar-refractivity contribution in [3.05, 3.63) is 0 Å². The highest BCUT2D eigenvalue weighted by molar-refractivity contribution is 5.83. The van der Waals surface area contributed by atoms with Gasteiger partial charge in [-0.05, 0) is 93.9 Å². The van der Waals surface area contributed by atoms with E-state index < -0.39 is 94.3 Å². The molecule has 0 rings (SSSR count). The smallest absolute Gasteiger partial charge is 0.417 e. The van der Waals surface area contributed by atoms with Crippen molar-refractivity contribution in [1.82, 2.24) is 5.32 Å². The summed E-state index contributed by atoms with van der Waals surface area (Å²) < 4.78 is 96.7. The van der Waals surface area contributed by atoms with Crippen LogP contribution in [0.2, 0.25) is 0 Å². The third kappa shape index (κ3) is 14.5. The van der Waals surface area contributed by atoms with Crippen molar-refractivity contribution in [2.45, 2.75) is 171 Å². The van der Waals surface area contributed by atoms with Crippen molar-refractivity contribution in [1.29, 1.82) is 0 Å². The van der Waals surface area contributed by atoms with Gasteiger partial charge in [0, 0.05) is 17.4 Å². The Morgan fingerprint density at radius 2 is 1.24 bits per heavy atom. The van der Waals surface area contributed by atoms with Crippen LogP contribution < -0.4 is 5.32 Å². The second-order valence-electron chi connectivity index (χ2n) is 17.9. The van der Waals surface area contributed by atoms with E-state index >= 15 is 0 Å². The number of esters is 3. The number of hydrogen-bond acceptors (Lipinski definition) is 8. The van der Waals surface area contributed by atoms with Crippen LogP contribution in [-0.2, 0) is 28.6 Å². The van der Waals surface area contributed by atoms with Gasteiger partial charge in [-0.1, -0.05) is 41.5 Å². The van der Waals surface area contributed by atoms with Crippen molar-refractivity contribution < 1.29 is 60.0 Å². The first kappa shape index (κ1) is 47.9. The topological polar surface area (TPSA) is 111 Å². The summed E-state index contributed by atoms with van der Waals surface area (Å²) >= 11 is 0. The Hall–Kier alpha value is -2.09. The van der Waals surface area contributed by atoms with Crippen molar-refractivity contribution in [2.75, 3.05) is 13.2 Å². The third-order valence-electron chi connectivity index (χ3n) is 9.66. The highest BCUT2D eigenvalue weighted by atomic mass is 19.4. The fourth-order valence-electron chi connectivity index (χ4n) is 5.34. The minimum atomic E-state index is -4.99. The SMILES string of the molecule is CCC(C)(CC(C)(CC(C)(C)C(=O)OC(C)(C)C(C)(C)C)C(=O)OCC(C)(C)NCC(F)(F)F)C(=O)OC(CC(C)C)CC(C)(O)C(F)(F)F. The zero-order chi connectivity index (χ0) is 40.2. The van der Waals surface area contributed by atoms with Gasteiger partial charge in [0.25, 0.3) is 0 Å². The first-order valence-corrected chi connectivity index (χ1v) is 17.1. The minimum absolute atomic E-state index is 0.0134. The molecule has 4 unspecified atom stereocenters. The molecule has 0 aromatic rings. The number of hydrogen-bond donors (Lipinski definition) is 2. The molecule has 2 N–H and O–H groups in total. The van der Waals surface area contributed by atoms with Gasteiger partial charge in [-0.15, -0.1) is 0 Å². The molecule has 0 fully saturated rings. The van der Waals surface area contributed by atoms with Crippen LogP contribution in [0.5, 0.6) is 0 Å². The summed E-state index contributed by atoms with van der Waals surface area (Å²) in [5.41, 5.74) is -10.4. The molecular weight excluding hydrogens is 672 g/mol. The van der Waals surface area contributed by atoms with Crippen LogP contribution in [0.3, 0.4) is 0 Å². The molecule has 0 saturated heterocycles. The lowest BCUT2D eigenvalue weighted by Gasteiger charge is -2.43. The quantitative estimate of drug-likeness (QED) is 0.0818. The van der Waals surface area contributed by atoms with E-state index in [1.165, 1.54) is 27.7 Å². The second-order valence-corrected chi connectivity index (χ2v) is 17.9. The number of ether oxygens (including phenoxy) is 3. The van der Waals surface area contributed by atoms with Crippen LogP contribution in [0.1, 0.15) is 136 Å². The highest BCUT2D eigenvalue weighted by Gasteiger charge is 2.54. The maximum atomic E-state index is 14.0. The van der Waals surface area contributed by atoms with Gasteiger partial charge >= 0.3 is 30.3 Å². The van der Waals surface area contributed by atoms with Crippen molar-refractivity contribution >= 4 is 17.9 Å². The first-order chi connectivity index (χ1) is 21.9. The van der Waals surface area contributed by atoms with E-state index in [0.29, 0.717) is 6.92 Å². The molecule has 0 bridgehead atoms. The summed E-state index contributed by atoms with van der Waals surface area (Å²) in [5.74, 6) is -2.66. The molecule has 0 saturated carbocycles. The molecule has 0 aliphatic heterocycles. The maximum Gasteiger partial charge on any atom is 0.417 e. The van der Waals surface area contributed by atoms with Crippen LogP contribution in [-0.4, -0.2) is 71.4 Å². The summed E-state index contributed by atoms with van der Waals surface area (Å²) in [6.07, 6.45) is -12.2. The van der Waals surface area contributed by atoms with Crippen LogP contribution >= 0.6 is 0 Å². The fraction of sp³-hybridized carbons (Fsp3) is 0.917. The number of nitrogens with one attached hydrogen (secondary N) is 1. The lowest BCUT2D eigenvalue weighted by Crippen LogP contribution is -2.50. The Balaban J connectivity index is 6.76. The van der Waals surface area contributed by atoms with Gasteiger partial charge in [-0.25, -0.2) is 0 Å². The Kier molecular flexibility index (Phi) is 15.6. The minimum Gasteiger partial charge on any atom is -0.463 e. The first-order valence-electron chi connectivity index (χ1n) is 17.1.